The average Bonchev–Trinajstić information content (AvgIpc) is 2.61. The number of nitrogens with zero attached hydrogens (tertiary/aromatic N) is 1. The third-order valence-corrected chi connectivity index (χ3v) is 4.92. The fraction of sp³-hybridized carbons (Fsp3) is 0.417. The van der Waals surface area contributed by atoms with Crippen molar-refractivity contribution in [2.24, 2.45) is 4.99 Å². The molecule has 2 rings (SSSR count). The quantitative estimate of drug-likeness (QED) is 0.918. The van der Waals surface area contributed by atoms with Crippen LogP contribution in [0.4, 0.5) is 0 Å². The van der Waals surface area contributed by atoms with Gasteiger partial charge in [-0.05, 0) is 24.8 Å². The highest BCUT2D eigenvalue weighted by Crippen LogP contribution is 2.23. The van der Waals surface area contributed by atoms with Crippen LogP contribution in [0.5, 0.6) is 0 Å². The van der Waals surface area contributed by atoms with Crippen LogP contribution in [0.3, 0.4) is 0 Å². The minimum Gasteiger partial charge on any atom is -0.263 e. The van der Waals surface area contributed by atoms with Crippen molar-refractivity contribution in [1.29, 1.82) is 0 Å². The third-order valence-electron chi connectivity index (χ3n) is 2.80. The summed E-state index contributed by atoms with van der Waals surface area (Å²) in [4.78, 5) is 4.85. The number of sulfonamides is 1. The van der Waals surface area contributed by atoms with E-state index in [1.54, 1.807) is 30.0 Å². The zero-order valence-corrected chi connectivity index (χ0v) is 12.0. The second-order valence-corrected chi connectivity index (χ2v) is 6.66. The molecule has 0 amide bonds. The van der Waals surface area contributed by atoms with Gasteiger partial charge in [-0.25, -0.2) is 8.42 Å². The zero-order valence-electron chi connectivity index (χ0n) is 10.4. The second kappa shape index (κ2) is 5.32. The average molecular weight is 284 g/mol. The molecule has 1 heterocycles. The molecule has 0 aliphatic carbocycles. The van der Waals surface area contributed by atoms with Crippen LogP contribution in [0.1, 0.15) is 18.9 Å². The molecule has 0 radical (unpaired) electrons. The maximum absolute atomic E-state index is 11.9. The summed E-state index contributed by atoms with van der Waals surface area (Å²) in [5.41, 5.74) is 0.678. The number of benzene rings is 1. The van der Waals surface area contributed by atoms with E-state index in [0.29, 0.717) is 16.3 Å². The summed E-state index contributed by atoms with van der Waals surface area (Å²) >= 11 is 1.71. The van der Waals surface area contributed by atoms with Crippen LogP contribution in [-0.2, 0) is 10.0 Å². The number of aliphatic imine (C=N–C) groups is 1. The Morgan fingerprint density at radius 3 is 2.78 bits per heavy atom. The van der Waals surface area contributed by atoms with E-state index < -0.39 is 10.0 Å². The predicted molar refractivity (Wildman–Crippen MR) is 75.8 cm³/mol. The minimum atomic E-state index is -3.41. The van der Waals surface area contributed by atoms with Gasteiger partial charge in [-0.15, -0.1) is 0 Å². The van der Waals surface area contributed by atoms with Crippen LogP contribution in [0, 0.1) is 0 Å². The van der Waals surface area contributed by atoms with Gasteiger partial charge in [0.1, 0.15) is 5.84 Å². The van der Waals surface area contributed by atoms with Gasteiger partial charge in [-0.1, -0.05) is 19.1 Å². The number of fused-ring (bicyclic) bond motifs is 1. The van der Waals surface area contributed by atoms with Gasteiger partial charge >= 0.3 is 0 Å². The van der Waals surface area contributed by atoms with Crippen molar-refractivity contribution < 1.29 is 8.42 Å². The molecule has 6 heteroatoms. The van der Waals surface area contributed by atoms with Crippen molar-refractivity contribution in [2.45, 2.75) is 24.3 Å². The summed E-state index contributed by atoms with van der Waals surface area (Å²) in [5, 5.41) is 0. The van der Waals surface area contributed by atoms with E-state index >= 15 is 0 Å². The number of thioether (sulfide) groups is 1. The van der Waals surface area contributed by atoms with Crippen molar-refractivity contribution in [1.82, 2.24) is 4.72 Å². The molecule has 1 aromatic rings. The van der Waals surface area contributed by atoms with E-state index in [1.807, 2.05) is 12.3 Å². The number of rotatable bonds is 4. The topological polar surface area (TPSA) is 58.5 Å². The van der Waals surface area contributed by atoms with E-state index in [2.05, 4.69) is 16.6 Å². The Hall–Kier alpha value is -1.01. The molecular weight excluding hydrogens is 268 g/mol. The van der Waals surface area contributed by atoms with E-state index in [9.17, 15) is 8.42 Å². The molecule has 0 spiro atoms. The summed E-state index contributed by atoms with van der Waals surface area (Å²) in [7, 11) is -3.41. The van der Waals surface area contributed by atoms with Gasteiger partial charge in [-0.3, -0.25) is 9.71 Å². The first kappa shape index (κ1) is 13.4. The van der Waals surface area contributed by atoms with Crippen LogP contribution in [0.2, 0.25) is 0 Å². The zero-order chi connectivity index (χ0) is 13.2. The lowest BCUT2D eigenvalue weighted by Crippen LogP contribution is -2.24. The summed E-state index contributed by atoms with van der Waals surface area (Å²) in [5.74, 6) is 1.37. The van der Waals surface area contributed by atoms with Gasteiger partial charge in [0, 0.05) is 11.3 Å². The lowest BCUT2D eigenvalue weighted by Gasteiger charge is -2.09. The van der Waals surface area contributed by atoms with Gasteiger partial charge in [0.2, 0.25) is 0 Å². The largest absolute Gasteiger partial charge is 0.263 e. The predicted octanol–water partition coefficient (Wildman–Crippen LogP) is 1.87. The van der Waals surface area contributed by atoms with Crippen molar-refractivity contribution in [3.8, 4) is 0 Å². The van der Waals surface area contributed by atoms with Crippen molar-refractivity contribution >= 4 is 27.6 Å². The molecule has 0 fully saturated rings. The SMILES string of the molecule is CCC(CSC)N=C1NS(=O)(=O)c2ccccc21. The Balaban J connectivity index is 2.41. The molecule has 1 atom stereocenters. The van der Waals surface area contributed by atoms with Crippen LogP contribution in [0.15, 0.2) is 34.2 Å². The summed E-state index contributed by atoms with van der Waals surface area (Å²) in [6, 6.07) is 7.09. The molecule has 0 saturated heterocycles. The Kier molecular flexibility index (Phi) is 3.97. The highest BCUT2D eigenvalue weighted by molar-refractivity contribution is 7.98. The first-order chi connectivity index (χ1) is 8.58. The highest BCUT2D eigenvalue weighted by atomic mass is 32.2. The van der Waals surface area contributed by atoms with Gasteiger partial charge in [-0.2, -0.15) is 11.8 Å². The van der Waals surface area contributed by atoms with Crippen molar-refractivity contribution in [3.05, 3.63) is 29.8 Å². The van der Waals surface area contributed by atoms with E-state index in [4.69, 9.17) is 0 Å². The molecule has 1 unspecified atom stereocenters. The maximum atomic E-state index is 11.9. The molecule has 1 aromatic carbocycles. The molecule has 1 aliphatic heterocycles. The number of hydrogen-bond donors (Lipinski definition) is 1. The number of nitrogens with one attached hydrogen (secondary N) is 1. The van der Waals surface area contributed by atoms with Gasteiger partial charge in [0.25, 0.3) is 10.0 Å². The molecule has 0 saturated carbocycles. The molecule has 4 nitrogen and oxygen atoms in total. The summed E-state index contributed by atoms with van der Waals surface area (Å²) < 4.78 is 26.3. The van der Waals surface area contributed by atoms with Gasteiger partial charge in [0.05, 0.1) is 10.9 Å². The summed E-state index contributed by atoms with van der Waals surface area (Å²) in [6.07, 6.45) is 2.92. The fourth-order valence-electron chi connectivity index (χ4n) is 1.85. The van der Waals surface area contributed by atoms with Crippen molar-refractivity contribution in [3.63, 3.8) is 0 Å². The first-order valence-corrected chi connectivity index (χ1v) is 8.65. The Labute approximate surface area is 112 Å². The number of amidine groups is 1. The normalized spacial score (nSPS) is 20.4. The van der Waals surface area contributed by atoms with Gasteiger partial charge < -0.3 is 0 Å². The first-order valence-electron chi connectivity index (χ1n) is 5.77. The second-order valence-electron chi connectivity index (χ2n) is 4.10. The monoisotopic (exact) mass is 284 g/mol. The summed E-state index contributed by atoms with van der Waals surface area (Å²) in [6.45, 7) is 2.06. The Bertz CT molecular complexity index is 567. The van der Waals surface area contributed by atoms with E-state index in [-0.39, 0.29) is 6.04 Å². The molecule has 18 heavy (non-hydrogen) atoms. The number of hydrogen-bond acceptors (Lipinski definition) is 4. The van der Waals surface area contributed by atoms with Crippen LogP contribution in [-0.4, -0.2) is 32.3 Å². The van der Waals surface area contributed by atoms with Crippen LogP contribution >= 0.6 is 11.8 Å². The molecule has 1 N–H and O–H groups in total. The molecular formula is C12H16N2O2S2. The minimum absolute atomic E-state index is 0.142. The molecule has 1 aliphatic rings. The third kappa shape index (κ3) is 2.54. The van der Waals surface area contributed by atoms with Crippen LogP contribution in [0.25, 0.3) is 0 Å². The Morgan fingerprint density at radius 2 is 2.11 bits per heavy atom. The molecule has 0 bridgehead atoms. The molecule has 98 valence electrons. The van der Waals surface area contributed by atoms with Crippen molar-refractivity contribution in [2.75, 3.05) is 12.0 Å². The lowest BCUT2D eigenvalue weighted by atomic mass is 10.2. The maximum Gasteiger partial charge on any atom is 0.263 e. The van der Waals surface area contributed by atoms with E-state index in [1.165, 1.54) is 0 Å². The fourth-order valence-corrected chi connectivity index (χ4v) is 3.79. The molecule has 0 aromatic heterocycles. The van der Waals surface area contributed by atoms with E-state index in [0.717, 1.165) is 12.2 Å². The van der Waals surface area contributed by atoms with Crippen LogP contribution < -0.4 is 4.72 Å². The standard InChI is InChI=1S/C12H16N2O2S2/c1-3-9(8-17-2)13-12-10-6-4-5-7-11(10)18(15,16)14-12/h4-7,9H,3,8H2,1-2H3,(H,13,14). The highest BCUT2D eigenvalue weighted by Gasteiger charge is 2.30. The Morgan fingerprint density at radius 1 is 1.39 bits per heavy atom. The lowest BCUT2D eigenvalue weighted by molar-refractivity contribution is 0.595. The smallest absolute Gasteiger partial charge is 0.263 e. The van der Waals surface area contributed by atoms with Gasteiger partial charge in [0.15, 0.2) is 0 Å².